The van der Waals surface area contributed by atoms with E-state index in [9.17, 15) is 9.59 Å². The minimum absolute atomic E-state index is 0.220. The van der Waals surface area contributed by atoms with Crippen molar-refractivity contribution in [2.45, 2.75) is 69.3 Å². The molecule has 9 rings (SSSR count). The van der Waals surface area contributed by atoms with E-state index in [2.05, 4.69) is 87.3 Å². The molecule has 11 heteroatoms. The normalized spacial score (nSPS) is 22.4. The van der Waals surface area contributed by atoms with Crippen molar-refractivity contribution < 1.29 is 19.1 Å². The highest BCUT2D eigenvalue weighted by atomic mass is 16.5. The lowest BCUT2D eigenvalue weighted by Crippen LogP contribution is -2.54. The molecule has 3 aliphatic rings. The highest BCUT2D eigenvalue weighted by Crippen LogP contribution is 2.43. The lowest BCUT2D eigenvalue weighted by molar-refractivity contribution is -0.137. The molecule has 0 radical (unpaired) electrons. The summed E-state index contributed by atoms with van der Waals surface area (Å²) in [4.78, 5) is 44.5. The standard InChI is InChI=1S/C41H43N7O4/c1-22(51-2)35(47-41(50)52-3)40(49)48-16-4-5-34(48)38-44-32-15-12-27-18-26(11-14-31(27)37(32)46-38)23-6-7-25-19-28(9-8-24(25)17-23)33-21-42-39(45-33)36-29-10-13-30(20-29)43-36/h6-9,11-12,14-15,17-19,21-22,29-30,34-36,43H,4-5,10,13,16,20H2,1-3H3,(H,42,45)(H,44,46)(H,47,50)/t22-,29+,30-,34+,35+,36+/m1/s1. The second-order valence-electron chi connectivity index (χ2n) is 14.6. The summed E-state index contributed by atoms with van der Waals surface area (Å²) < 4.78 is 10.2. The molecule has 3 fully saturated rings. The van der Waals surface area contributed by atoms with E-state index in [1.165, 1.54) is 44.3 Å². The first-order chi connectivity index (χ1) is 25.4. The van der Waals surface area contributed by atoms with E-state index in [0.717, 1.165) is 68.7 Å². The van der Waals surface area contributed by atoms with Gasteiger partial charge in [-0.05, 0) is 96.5 Å². The van der Waals surface area contributed by atoms with Gasteiger partial charge in [-0.2, -0.15) is 0 Å². The van der Waals surface area contributed by atoms with Gasteiger partial charge in [-0.3, -0.25) is 4.79 Å². The first kappa shape index (κ1) is 32.6. The molecule has 266 valence electrons. The van der Waals surface area contributed by atoms with Gasteiger partial charge in [0.1, 0.15) is 17.7 Å². The zero-order valence-electron chi connectivity index (χ0n) is 29.6. The number of carbonyl (C=O) groups excluding carboxylic acids is 2. The minimum atomic E-state index is -0.877. The fourth-order valence-electron chi connectivity index (χ4n) is 8.75. The Morgan fingerprint density at radius 1 is 0.885 bits per heavy atom. The third kappa shape index (κ3) is 5.68. The van der Waals surface area contributed by atoms with Gasteiger partial charge in [0.15, 0.2) is 0 Å². The summed E-state index contributed by atoms with van der Waals surface area (Å²) in [5.74, 6) is 2.27. The van der Waals surface area contributed by atoms with Gasteiger partial charge in [-0.15, -0.1) is 0 Å². The molecule has 4 heterocycles. The van der Waals surface area contributed by atoms with Crippen LogP contribution >= 0.6 is 0 Å². The van der Waals surface area contributed by atoms with Crippen molar-refractivity contribution in [3.8, 4) is 22.4 Å². The van der Waals surface area contributed by atoms with Gasteiger partial charge >= 0.3 is 6.09 Å². The number of H-pyrrole nitrogens is 2. The molecule has 4 N–H and O–H groups in total. The van der Waals surface area contributed by atoms with Crippen molar-refractivity contribution in [2.75, 3.05) is 20.8 Å². The Bertz CT molecular complexity index is 2330. The number of hydrogen-bond donors (Lipinski definition) is 4. The third-order valence-corrected chi connectivity index (χ3v) is 11.6. The summed E-state index contributed by atoms with van der Waals surface area (Å²) in [5, 5.41) is 10.9. The van der Waals surface area contributed by atoms with Crippen molar-refractivity contribution >= 4 is 44.6 Å². The van der Waals surface area contributed by atoms with Crippen LogP contribution in [0.25, 0.3) is 55.0 Å². The van der Waals surface area contributed by atoms with Crippen molar-refractivity contribution in [2.24, 2.45) is 5.92 Å². The molecule has 6 aromatic rings. The van der Waals surface area contributed by atoms with Crippen LogP contribution in [0.3, 0.4) is 0 Å². The monoisotopic (exact) mass is 697 g/mol. The molecular weight excluding hydrogens is 654 g/mol. The number of nitrogens with zero attached hydrogens (tertiary/aromatic N) is 3. The second kappa shape index (κ2) is 13.1. The largest absolute Gasteiger partial charge is 0.453 e. The maximum absolute atomic E-state index is 13.7. The van der Waals surface area contributed by atoms with E-state index in [-0.39, 0.29) is 11.9 Å². The smallest absolute Gasteiger partial charge is 0.407 e. The Balaban J connectivity index is 0.960. The number of benzene rings is 4. The number of imidazole rings is 2. The predicted octanol–water partition coefficient (Wildman–Crippen LogP) is 7.16. The highest BCUT2D eigenvalue weighted by molar-refractivity contribution is 6.05. The van der Waals surface area contributed by atoms with Gasteiger partial charge in [0, 0.05) is 30.6 Å². The number of nitrogens with one attached hydrogen (secondary N) is 4. The third-order valence-electron chi connectivity index (χ3n) is 11.6. The number of aromatic amines is 2. The molecule has 0 unspecified atom stereocenters. The molecule has 6 atom stereocenters. The number of alkyl carbamates (subject to hydrolysis) is 1. The topological polar surface area (TPSA) is 137 Å². The number of aromatic nitrogens is 4. The van der Waals surface area contributed by atoms with Crippen molar-refractivity contribution in [1.82, 2.24) is 35.5 Å². The molecule has 2 bridgehead atoms. The molecule has 2 saturated heterocycles. The van der Waals surface area contributed by atoms with Crippen molar-refractivity contribution in [3.63, 3.8) is 0 Å². The number of methoxy groups -OCH3 is 2. The summed E-state index contributed by atoms with van der Waals surface area (Å²) in [5.41, 5.74) is 6.27. The number of likely N-dealkylation sites (tertiary alicyclic amines) is 1. The maximum atomic E-state index is 13.7. The number of hydrogen-bond acceptors (Lipinski definition) is 7. The Morgan fingerprint density at radius 3 is 2.38 bits per heavy atom. The zero-order valence-corrected chi connectivity index (χ0v) is 29.6. The van der Waals surface area contributed by atoms with E-state index < -0.39 is 18.2 Å². The van der Waals surface area contributed by atoms with Crippen LogP contribution in [0.15, 0.2) is 72.9 Å². The second-order valence-corrected chi connectivity index (χ2v) is 14.6. The molecule has 1 aliphatic carbocycles. The first-order valence-corrected chi connectivity index (χ1v) is 18.3. The van der Waals surface area contributed by atoms with E-state index in [1.54, 1.807) is 11.8 Å². The van der Waals surface area contributed by atoms with Crippen LogP contribution in [0.5, 0.6) is 0 Å². The van der Waals surface area contributed by atoms with Crippen LogP contribution in [-0.4, -0.2) is 75.8 Å². The highest BCUT2D eigenvalue weighted by Gasteiger charge is 2.41. The molecule has 2 amide bonds. The average Bonchev–Trinajstić information content (AvgIpc) is 4.03. The molecule has 11 nitrogen and oxygen atoms in total. The summed E-state index contributed by atoms with van der Waals surface area (Å²) in [6, 6.07) is 23.8. The fourth-order valence-corrected chi connectivity index (χ4v) is 8.75. The van der Waals surface area contributed by atoms with Crippen molar-refractivity contribution in [3.05, 3.63) is 84.6 Å². The number of amides is 2. The molecule has 0 spiro atoms. The predicted molar refractivity (Wildman–Crippen MR) is 201 cm³/mol. The van der Waals surface area contributed by atoms with Crippen LogP contribution < -0.4 is 10.6 Å². The summed E-state index contributed by atoms with van der Waals surface area (Å²) in [6.45, 7) is 2.32. The Labute approximate surface area is 301 Å². The Morgan fingerprint density at radius 2 is 1.63 bits per heavy atom. The number of fused-ring (bicyclic) bond motifs is 6. The van der Waals surface area contributed by atoms with Gasteiger partial charge in [-0.1, -0.05) is 42.5 Å². The number of rotatable bonds is 8. The van der Waals surface area contributed by atoms with E-state index in [0.29, 0.717) is 24.5 Å². The molecular formula is C41H43N7O4. The molecule has 52 heavy (non-hydrogen) atoms. The minimum Gasteiger partial charge on any atom is -0.453 e. The number of carbonyl (C=O) groups is 2. The average molecular weight is 698 g/mol. The van der Waals surface area contributed by atoms with Gasteiger partial charge in [0.05, 0.1) is 48.2 Å². The lowest BCUT2D eigenvalue weighted by atomic mass is 9.97. The quantitative estimate of drug-likeness (QED) is 0.132. The SMILES string of the molecule is COC(=O)N[C@H](C(=O)N1CCC[C@H]1c1nc2c(ccc3cc(-c4ccc5cc(-c6cnc([C@H]7N[C@@H]8CC[C@H]7C8)[nH]6)ccc5c4)ccc32)[nH]1)[C@@H](C)OC. The summed E-state index contributed by atoms with van der Waals surface area (Å²) in [6.07, 6.45) is 6.21. The summed E-state index contributed by atoms with van der Waals surface area (Å²) >= 11 is 0. The van der Waals surface area contributed by atoms with Gasteiger partial charge in [0.25, 0.3) is 0 Å². The van der Waals surface area contributed by atoms with Crippen LogP contribution in [-0.2, 0) is 14.3 Å². The van der Waals surface area contributed by atoms with Crippen molar-refractivity contribution in [1.29, 1.82) is 0 Å². The fraction of sp³-hybridized carbons (Fsp3) is 0.366. The Kier molecular flexibility index (Phi) is 8.19. The van der Waals surface area contributed by atoms with E-state index in [1.807, 2.05) is 6.20 Å². The Hall–Kier alpha value is -5.26. The van der Waals surface area contributed by atoms with Gasteiger partial charge < -0.3 is 35.0 Å². The molecule has 4 aromatic carbocycles. The lowest BCUT2D eigenvalue weighted by Gasteiger charge is -2.30. The zero-order chi connectivity index (χ0) is 35.5. The number of piperidine rings is 1. The van der Waals surface area contributed by atoms with Gasteiger partial charge in [-0.25, -0.2) is 14.8 Å². The van der Waals surface area contributed by atoms with Gasteiger partial charge in [0.2, 0.25) is 5.91 Å². The maximum Gasteiger partial charge on any atom is 0.407 e. The van der Waals surface area contributed by atoms with Crippen LogP contribution in [0.4, 0.5) is 4.79 Å². The van der Waals surface area contributed by atoms with Crippen LogP contribution in [0, 0.1) is 5.92 Å². The molecule has 1 saturated carbocycles. The molecule has 2 aromatic heterocycles. The summed E-state index contributed by atoms with van der Waals surface area (Å²) in [7, 11) is 2.80. The number of ether oxygens (including phenoxy) is 2. The van der Waals surface area contributed by atoms with E-state index in [4.69, 9.17) is 19.4 Å². The van der Waals surface area contributed by atoms with Crippen LogP contribution in [0.1, 0.15) is 62.8 Å². The van der Waals surface area contributed by atoms with Crippen LogP contribution in [0.2, 0.25) is 0 Å². The first-order valence-electron chi connectivity index (χ1n) is 18.3. The molecule has 2 aliphatic heterocycles. The van der Waals surface area contributed by atoms with E-state index >= 15 is 0 Å².